The van der Waals surface area contributed by atoms with Crippen molar-refractivity contribution < 1.29 is 18.3 Å². The van der Waals surface area contributed by atoms with Crippen molar-refractivity contribution in [1.29, 1.82) is 0 Å². The number of methoxy groups -OCH3 is 1. The van der Waals surface area contributed by atoms with E-state index >= 15 is 0 Å². The number of aromatic nitrogens is 1. The van der Waals surface area contributed by atoms with Gasteiger partial charge in [-0.2, -0.15) is 0 Å². The van der Waals surface area contributed by atoms with Crippen LogP contribution < -0.4 is 4.74 Å². The first-order valence-corrected chi connectivity index (χ1v) is 5.13. The minimum absolute atomic E-state index is 0.121. The molecule has 1 heterocycles. The van der Waals surface area contributed by atoms with Gasteiger partial charge in [0.05, 0.1) is 12.7 Å². The Morgan fingerprint density at radius 3 is 2.44 bits per heavy atom. The molecule has 0 radical (unpaired) electrons. The van der Waals surface area contributed by atoms with Gasteiger partial charge in [-0.1, -0.05) is 6.07 Å². The monoisotopic (exact) mass is 249 g/mol. The molecule has 0 unspecified atom stereocenters. The Kier molecular flexibility index (Phi) is 3.32. The van der Waals surface area contributed by atoms with Gasteiger partial charge in [-0.05, 0) is 24.3 Å². The highest BCUT2D eigenvalue weighted by atomic mass is 19.1. The zero-order valence-electron chi connectivity index (χ0n) is 9.48. The maximum atomic E-state index is 13.5. The van der Waals surface area contributed by atoms with Gasteiger partial charge in [-0.3, -0.25) is 4.79 Å². The van der Waals surface area contributed by atoms with Crippen LogP contribution in [0.1, 0.15) is 16.1 Å². The fraction of sp³-hybridized carbons (Fsp3) is 0.0769. The molecule has 92 valence electrons. The molecule has 0 aliphatic heterocycles. The smallest absolute Gasteiger partial charge is 0.221 e. The normalized spacial score (nSPS) is 10.2. The summed E-state index contributed by atoms with van der Waals surface area (Å²) in [4.78, 5) is 15.8. The molecule has 0 spiro atoms. The van der Waals surface area contributed by atoms with E-state index in [1.165, 1.54) is 25.4 Å². The van der Waals surface area contributed by atoms with Crippen LogP contribution in [0.5, 0.6) is 5.75 Å². The number of rotatable bonds is 3. The summed E-state index contributed by atoms with van der Waals surface area (Å²) in [6.45, 7) is 0. The van der Waals surface area contributed by atoms with Crippen molar-refractivity contribution in [3.8, 4) is 5.75 Å². The maximum absolute atomic E-state index is 13.5. The molecule has 0 fully saturated rings. The average Bonchev–Trinajstić information content (AvgIpc) is 2.38. The molecule has 1 aromatic heterocycles. The highest BCUT2D eigenvalue weighted by Crippen LogP contribution is 2.21. The van der Waals surface area contributed by atoms with Gasteiger partial charge in [-0.15, -0.1) is 0 Å². The van der Waals surface area contributed by atoms with Gasteiger partial charge in [-0.25, -0.2) is 13.8 Å². The molecule has 0 aliphatic rings. The molecule has 0 N–H and O–H groups in total. The molecule has 3 nitrogen and oxygen atoms in total. The van der Waals surface area contributed by atoms with Gasteiger partial charge >= 0.3 is 0 Å². The standard InChI is InChI=1S/C13H9F2NO2/c1-18-10-6-3-7-16-12(10)13(17)11-8(14)4-2-5-9(11)15/h2-7H,1H3. The zero-order valence-corrected chi connectivity index (χ0v) is 9.48. The van der Waals surface area contributed by atoms with E-state index in [9.17, 15) is 13.6 Å². The summed E-state index contributed by atoms with van der Waals surface area (Å²) in [6, 6.07) is 6.29. The first kappa shape index (κ1) is 12.2. The van der Waals surface area contributed by atoms with E-state index in [1.807, 2.05) is 0 Å². The molecular weight excluding hydrogens is 240 g/mol. The molecule has 1 aromatic carbocycles. The van der Waals surface area contributed by atoms with Gasteiger partial charge in [0.25, 0.3) is 0 Å². The largest absolute Gasteiger partial charge is 0.494 e. The predicted molar refractivity (Wildman–Crippen MR) is 60.6 cm³/mol. The molecule has 0 amide bonds. The second-order valence-corrected chi connectivity index (χ2v) is 3.48. The molecule has 0 atom stereocenters. The first-order chi connectivity index (χ1) is 8.65. The third-order valence-electron chi connectivity index (χ3n) is 2.40. The minimum Gasteiger partial charge on any atom is -0.494 e. The van der Waals surface area contributed by atoms with Crippen molar-refractivity contribution in [1.82, 2.24) is 4.98 Å². The van der Waals surface area contributed by atoms with Crippen molar-refractivity contribution >= 4 is 5.78 Å². The third kappa shape index (κ3) is 2.07. The van der Waals surface area contributed by atoms with Crippen LogP contribution in [0.25, 0.3) is 0 Å². The maximum Gasteiger partial charge on any atom is 0.221 e. The van der Waals surface area contributed by atoms with Crippen LogP contribution in [-0.2, 0) is 0 Å². The Morgan fingerprint density at radius 1 is 1.17 bits per heavy atom. The lowest BCUT2D eigenvalue weighted by Gasteiger charge is -2.07. The van der Waals surface area contributed by atoms with Crippen LogP contribution in [0, 0.1) is 11.6 Å². The summed E-state index contributed by atoms with van der Waals surface area (Å²) in [5, 5.41) is 0. The molecule has 0 saturated carbocycles. The zero-order chi connectivity index (χ0) is 13.1. The molecule has 0 saturated heterocycles. The van der Waals surface area contributed by atoms with Gasteiger partial charge in [0.15, 0.2) is 5.69 Å². The number of ether oxygens (including phenoxy) is 1. The van der Waals surface area contributed by atoms with E-state index in [1.54, 1.807) is 6.07 Å². The Bertz CT molecular complexity index is 579. The molecule has 0 aliphatic carbocycles. The highest BCUT2D eigenvalue weighted by Gasteiger charge is 2.22. The fourth-order valence-corrected chi connectivity index (χ4v) is 1.56. The highest BCUT2D eigenvalue weighted by molar-refractivity contribution is 6.09. The second-order valence-electron chi connectivity index (χ2n) is 3.48. The van der Waals surface area contributed by atoms with Crippen LogP contribution in [0.15, 0.2) is 36.5 Å². The van der Waals surface area contributed by atoms with Gasteiger partial charge in [0.2, 0.25) is 5.78 Å². The molecular formula is C13H9F2NO2. The van der Waals surface area contributed by atoms with Gasteiger partial charge < -0.3 is 4.74 Å². The van der Waals surface area contributed by atoms with Crippen molar-refractivity contribution in [3.05, 3.63) is 59.4 Å². The van der Waals surface area contributed by atoms with Crippen LogP contribution >= 0.6 is 0 Å². The number of halogens is 2. The van der Waals surface area contributed by atoms with E-state index in [2.05, 4.69) is 4.98 Å². The number of benzene rings is 1. The SMILES string of the molecule is COc1cccnc1C(=O)c1c(F)cccc1F. The summed E-state index contributed by atoms with van der Waals surface area (Å²) in [5.74, 6) is -2.52. The Labute approximate surface area is 102 Å². The summed E-state index contributed by atoms with van der Waals surface area (Å²) in [5.41, 5.74) is -0.751. The number of carbonyl (C=O) groups is 1. The lowest BCUT2D eigenvalue weighted by molar-refractivity contribution is 0.102. The number of carbonyl (C=O) groups excluding carboxylic acids is 1. The summed E-state index contributed by atoms with van der Waals surface area (Å²) >= 11 is 0. The van der Waals surface area contributed by atoms with E-state index in [4.69, 9.17) is 4.74 Å². The predicted octanol–water partition coefficient (Wildman–Crippen LogP) is 2.60. The topological polar surface area (TPSA) is 39.2 Å². The summed E-state index contributed by atoms with van der Waals surface area (Å²) < 4.78 is 31.9. The average molecular weight is 249 g/mol. The lowest BCUT2D eigenvalue weighted by Crippen LogP contribution is -2.10. The Morgan fingerprint density at radius 2 is 1.83 bits per heavy atom. The van der Waals surface area contributed by atoms with Crippen molar-refractivity contribution in [2.24, 2.45) is 0 Å². The Hall–Kier alpha value is -2.30. The molecule has 0 bridgehead atoms. The molecule has 2 aromatic rings. The van der Waals surface area contributed by atoms with Crippen molar-refractivity contribution in [3.63, 3.8) is 0 Å². The van der Waals surface area contributed by atoms with E-state index in [0.29, 0.717) is 0 Å². The van der Waals surface area contributed by atoms with Crippen LogP contribution in [0.4, 0.5) is 8.78 Å². The number of ketones is 1. The second kappa shape index (κ2) is 4.91. The minimum atomic E-state index is -0.923. The third-order valence-corrected chi connectivity index (χ3v) is 2.40. The number of nitrogens with zero attached hydrogens (tertiary/aromatic N) is 1. The molecule has 18 heavy (non-hydrogen) atoms. The van der Waals surface area contributed by atoms with Crippen molar-refractivity contribution in [2.45, 2.75) is 0 Å². The van der Waals surface area contributed by atoms with E-state index in [-0.39, 0.29) is 11.4 Å². The van der Waals surface area contributed by atoms with Gasteiger partial charge in [0, 0.05) is 6.20 Å². The Balaban J connectivity index is 2.55. The lowest BCUT2D eigenvalue weighted by atomic mass is 10.1. The van der Waals surface area contributed by atoms with Crippen molar-refractivity contribution in [2.75, 3.05) is 7.11 Å². The molecule has 5 heteroatoms. The summed E-state index contributed by atoms with van der Waals surface area (Å²) in [7, 11) is 1.35. The van der Waals surface area contributed by atoms with E-state index < -0.39 is 23.0 Å². The first-order valence-electron chi connectivity index (χ1n) is 5.13. The van der Waals surface area contributed by atoms with Crippen LogP contribution in [0.3, 0.4) is 0 Å². The van der Waals surface area contributed by atoms with Crippen LogP contribution in [-0.4, -0.2) is 17.9 Å². The number of hydrogen-bond acceptors (Lipinski definition) is 3. The number of pyridine rings is 1. The van der Waals surface area contributed by atoms with Gasteiger partial charge in [0.1, 0.15) is 17.4 Å². The van der Waals surface area contributed by atoms with Crippen LogP contribution in [0.2, 0.25) is 0 Å². The summed E-state index contributed by atoms with van der Waals surface area (Å²) in [6.07, 6.45) is 1.36. The quantitative estimate of drug-likeness (QED) is 0.785. The molecule has 2 rings (SSSR count). The fourth-order valence-electron chi connectivity index (χ4n) is 1.56. The van der Waals surface area contributed by atoms with E-state index in [0.717, 1.165) is 12.1 Å². The number of hydrogen-bond donors (Lipinski definition) is 0.